The number of nitrogens with zero attached hydrogens (tertiary/aromatic N) is 1. The highest BCUT2D eigenvalue weighted by Crippen LogP contribution is 2.38. The van der Waals surface area contributed by atoms with Crippen LogP contribution >= 0.6 is 0 Å². The van der Waals surface area contributed by atoms with Crippen LogP contribution < -0.4 is 5.32 Å². The summed E-state index contributed by atoms with van der Waals surface area (Å²) in [5.41, 5.74) is 0. The number of piperidine rings is 1. The molecule has 0 aromatic carbocycles. The highest BCUT2D eigenvalue weighted by atomic mass is 15.2. The first-order valence-corrected chi connectivity index (χ1v) is 6.66. The summed E-state index contributed by atoms with van der Waals surface area (Å²) in [6, 6.07) is 2.35. The minimum atomic E-state index is 0.632. The van der Waals surface area contributed by atoms with Crippen molar-refractivity contribution in [2.45, 2.75) is 64.6 Å². The molecule has 2 nitrogen and oxygen atoms in total. The Balaban J connectivity index is 1.70. The lowest BCUT2D eigenvalue weighted by Gasteiger charge is -2.33. The summed E-state index contributed by atoms with van der Waals surface area (Å²) in [4.78, 5) is 2.76. The van der Waals surface area contributed by atoms with Crippen molar-refractivity contribution in [1.29, 1.82) is 0 Å². The molecule has 1 heterocycles. The van der Waals surface area contributed by atoms with Crippen LogP contribution in [0.25, 0.3) is 0 Å². The molecule has 3 unspecified atom stereocenters. The van der Waals surface area contributed by atoms with Gasteiger partial charge in [-0.2, -0.15) is 0 Å². The van der Waals surface area contributed by atoms with Gasteiger partial charge in [0, 0.05) is 24.7 Å². The van der Waals surface area contributed by atoms with Gasteiger partial charge < -0.3 is 5.32 Å². The lowest BCUT2D eigenvalue weighted by Crippen LogP contribution is -2.41. The molecule has 1 saturated heterocycles. The third-order valence-corrected chi connectivity index (χ3v) is 4.13. The molecule has 1 aliphatic heterocycles. The average Bonchev–Trinajstić information content (AvgIpc) is 2.77. The van der Waals surface area contributed by atoms with Gasteiger partial charge in [0.2, 0.25) is 0 Å². The Labute approximate surface area is 94.4 Å². The fourth-order valence-corrected chi connectivity index (χ4v) is 3.25. The van der Waals surface area contributed by atoms with E-state index in [0.29, 0.717) is 6.04 Å². The maximum absolute atomic E-state index is 3.52. The third-order valence-electron chi connectivity index (χ3n) is 4.13. The summed E-state index contributed by atoms with van der Waals surface area (Å²) in [7, 11) is 0. The van der Waals surface area contributed by atoms with Crippen LogP contribution in [-0.4, -0.2) is 36.1 Å². The van der Waals surface area contributed by atoms with Crippen LogP contribution in [-0.2, 0) is 0 Å². The van der Waals surface area contributed by atoms with Crippen molar-refractivity contribution in [3.8, 4) is 0 Å². The monoisotopic (exact) mass is 210 g/mol. The van der Waals surface area contributed by atoms with E-state index in [4.69, 9.17) is 0 Å². The highest BCUT2D eigenvalue weighted by molar-refractivity contribution is 4.94. The van der Waals surface area contributed by atoms with Crippen LogP contribution in [0.4, 0.5) is 0 Å². The number of nitrogens with one attached hydrogen (secondary N) is 1. The summed E-state index contributed by atoms with van der Waals surface area (Å²) >= 11 is 0. The second kappa shape index (κ2) is 4.84. The highest BCUT2D eigenvalue weighted by Gasteiger charge is 2.39. The predicted molar refractivity (Wildman–Crippen MR) is 65.1 cm³/mol. The number of hydrogen-bond donors (Lipinski definition) is 1. The number of likely N-dealkylation sites (tertiary alicyclic amines) is 1. The smallest absolute Gasteiger partial charge is 0.0101 e. The second-order valence-corrected chi connectivity index (χ2v) is 5.78. The van der Waals surface area contributed by atoms with Crippen LogP contribution in [0.5, 0.6) is 0 Å². The first-order valence-electron chi connectivity index (χ1n) is 6.66. The average molecular weight is 210 g/mol. The maximum Gasteiger partial charge on any atom is 0.0101 e. The van der Waals surface area contributed by atoms with E-state index < -0.39 is 0 Å². The van der Waals surface area contributed by atoms with E-state index in [-0.39, 0.29) is 0 Å². The summed E-state index contributed by atoms with van der Waals surface area (Å²) in [5.74, 6) is 1.04. The molecule has 2 bridgehead atoms. The fraction of sp³-hybridized carbons (Fsp3) is 1.00. The van der Waals surface area contributed by atoms with E-state index in [9.17, 15) is 0 Å². The van der Waals surface area contributed by atoms with Crippen molar-refractivity contribution >= 4 is 0 Å². The summed E-state index contributed by atoms with van der Waals surface area (Å²) in [5, 5.41) is 3.52. The van der Waals surface area contributed by atoms with E-state index in [1.807, 2.05) is 0 Å². The van der Waals surface area contributed by atoms with E-state index in [1.54, 1.807) is 0 Å². The SMILES string of the molecule is CC(C)NCCC(C)N1CC2CCC1C2. The van der Waals surface area contributed by atoms with Gasteiger partial charge in [0.25, 0.3) is 0 Å². The van der Waals surface area contributed by atoms with Crippen molar-refractivity contribution in [3.05, 3.63) is 0 Å². The molecule has 2 fully saturated rings. The fourth-order valence-electron chi connectivity index (χ4n) is 3.25. The van der Waals surface area contributed by atoms with Crippen molar-refractivity contribution in [2.75, 3.05) is 13.1 Å². The minimum Gasteiger partial charge on any atom is -0.314 e. The molecule has 2 aliphatic rings. The molecule has 0 radical (unpaired) electrons. The molecular formula is C13H26N2. The summed E-state index contributed by atoms with van der Waals surface area (Å²) < 4.78 is 0. The quantitative estimate of drug-likeness (QED) is 0.749. The number of fused-ring (bicyclic) bond motifs is 2. The normalized spacial score (nSPS) is 32.8. The molecule has 1 saturated carbocycles. The number of hydrogen-bond acceptors (Lipinski definition) is 2. The molecule has 1 N–H and O–H groups in total. The zero-order chi connectivity index (χ0) is 10.8. The Morgan fingerprint density at radius 2 is 2.07 bits per heavy atom. The topological polar surface area (TPSA) is 15.3 Å². The Bertz CT molecular complexity index is 203. The van der Waals surface area contributed by atoms with Gasteiger partial charge in [-0.05, 0) is 45.1 Å². The van der Waals surface area contributed by atoms with Gasteiger partial charge in [0.15, 0.2) is 0 Å². The molecule has 0 amide bonds. The van der Waals surface area contributed by atoms with E-state index >= 15 is 0 Å². The molecule has 2 heteroatoms. The van der Waals surface area contributed by atoms with Crippen molar-refractivity contribution in [1.82, 2.24) is 10.2 Å². The summed E-state index contributed by atoms with van der Waals surface area (Å²) in [6.45, 7) is 9.41. The van der Waals surface area contributed by atoms with Crippen molar-refractivity contribution in [2.24, 2.45) is 5.92 Å². The van der Waals surface area contributed by atoms with Gasteiger partial charge in [-0.25, -0.2) is 0 Å². The van der Waals surface area contributed by atoms with Gasteiger partial charge in [-0.3, -0.25) is 4.90 Å². The summed E-state index contributed by atoms with van der Waals surface area (Å²) in [6.07, 6.45) is 5.76. The van der Waals surface area contributed by atoms with Crippen LogP contribution in [0.1, 0.15) is 46.5 Å². The molecule has 3 atom stereocenters. The van der Waals surface area contributed by atoms with Gasteiger partial charge in [0.05, 0.1) is 0 Å². The lowest BCUT2D eigenvalue weighted by atomic mass is 10.1. The van der Waals surface area contributed by atoms with Crippen LogP contribution in [0.3, 0.4) is 0 Å². The van der Waals surface area contributed by atoms with Gasteiger partial charge in [-0.15, -0.1) is 0 Å². The standard InChI is InChI=1S/C13H26N2/c1-10(2)14-7-6-11(3)15-9-12-4-5-13(15)8-12/h10-14H,4-9H2,1-3H3. The molecule has 1 aliphatic carbocycles. The lowest BCUT2D eigenvalue weighted by molar-refractivity contribution is 0.151. The Kier molecular flexibility index (Phi) is 3.68. The molecule has 0 spiro atoms. The van der Waals surface area contributed by atoms with Crippen LogP contribution in [0, 0.1) is 5.92 Å². The third kappa shape index (κ3) is 2.73. The molecule has 0 aromatic rings. The van der Waals surface area contributed by atoms with Crippen molar-refractivity contribution in [3.63, 3.8) is 0 Å². The van der Waals surface area contributed by atoms with E-state index in [1.165, 1.54) is 38.8 Å². The Hall–Kier alpha value is -0.0800. The minimum absolute atomic E-state index is 0.632. The number of rotatable bonds is 5. The zero-order valence-corrected chi connectivity index (χ0v) is 10.5. The Morgan fingerprint density at radius 3 is 2.60 bits per heavy atom. The van der Waals surface area contributed by atoms with E-state index in [2.05, 4.69) is 31.0 Å². The van der Waals surface area contributed by atoms with Crippen molar-refractivity contribution < 1.29 is 0 Å². The van der Waals surface area contributed by atoms with Gasteiger partial charge in [0.1, 0.15) is 0 Å². The largest absolute Gasteiger partial charge is 0.314 e. The Morgan fingerprint density at radius 1 is 1.27 bits per heavy atom. The van der Waals surface area contributed by atoms with Crippen LogP contribution in [0.15, 0.2) is 0 Å². The second-order valence-electron chi connectivity index (χ2n) is 5.78. The van der Waals surface area contributed by atoms with E-state index in [0.717, 1.165) is 18.0 Å². The molecular weight excluding hydrogens is 184 g/mol. The molecule has 0 aromatic heterocycles. The van der Waals surface area contributed by atoms with Crippen LogP contribution in [0.2, 0.25) is 0 Å². The molecule has 88 valence electrons. The van der Waals surface area contributed by atoms with Gasteiger partial charge in [-0.1, -0.05) is 13.8 Å². The maximum atomic E-state index is 3.52. The molecule has 15 heavy (non-hydrogen) atoms. The zero-order valence-electron chi connectivity index (χ0n) is 10.5. The first kappa shape index (κ1) is 11.4. The predicted octanol–water partition coefficient (Wildman–Crippen LogP) is 2.25. The molecule has 2 rings (SSSR count). The van der Waals surface area contributed by atoms with Gasteiger partial charge >= 0.3 is 0 Å². The first-order chi connectivity index (χ1) is 7.16.